The van der Waals surface area contributed by atoms with Gasteiger partial charge in [0.2, 0.25) is 0 Å². The lowest BCUT2D eigenvalue weighted by atomic mass is 9.91. The molecule has 0 heterocycles. The molecule has 1 aromatic rings. The molecule has 0 amide bonds. The average molecular weight is 311 g/mol. The van der Waals surface area contributed by atoms with Gasteiger partial charge in [-0.15, -0.1) is 0 Å². The molecule has 18 heavy (non-hydrogen) atoms. The van der Waals surface area contributed by atoms with E-state index in [9.17, 15) is 5.11 Å². The van der Waals surface area contributed by atoms with E-state index in [2.05, 4.69) is 22.0 Å². The molecule has 3 heteroatoms. The van der Waals surface area contributed by atoms with Crippen LogP contribution in [0.5, 0.6) is 5.75 Å². The van der Waals surface area contributed by atoms with Crippen LogP contribution in [0.2, 0.25) is 0 Å². The number of aryl methyl sites for hydroxylation is 1. The predicted octanol–water partition coefficient (Wildman–Crippen LogP) is 3.71. The van der Waals surface area contributed by atoms with Crippen LogP contribution in [0.15, 0.2) is 10.5 Å². The van der Waals surface area contributed by atoms with Crippen LogP contribution >= 0.6 is 15.9 Å². The molecule has 0 aromatic heterocycles. The van der Waals surface area contributed by atoms with E-state index in [-0.39, 0.29) is 0 Å². The highest BCUT2D eigenvalue weighted by Crippen LogP contribution is 2.53. The molecule has 2 aliphatic carbocycles. The minimum Gasteiger partial charge on any atom is -0.495 e. The summed E-state index contributed by atoms with van der Waals surface area (Å²) in [5.74, 6) is 0.843. The summed E-state index contributed by atoms with van der Waals surface area (Å²) in [4.78, 5) is 0. The summed E-state index contributed by atoms with van der Waals surface area (Å²) >= 11 is 3.60. The van der Waals surface area contributed by atoms with Gasteiger partial charge < -0.3 is 9.84 Å². The van der Waals surface area contributed by atoms with Crippen molar-refractivity contribution < 1.29 is 9.84 Å². The minimum atomic E-state index is -0.621. The van der Waals surface area contributed by atoms with Gasteiger partial charge in [-0.25, -0.2) is 0 Å². The summed E-state index contributed by atoms with van der Waals surface area (Å²) in [5.41, 5.74) is 3.20. The minimum absolute atomic E-state index is 0.621. The highest BCUT2D eigenvalue weighted by Gasteiger charge is 2.46. The molecule has 1 aromatic carbocycles. The van der Waals surface area contributed by atoms with Crippen molar-refractivity contribution in [2.24, 2.45) is 0 Å². The summed E-state index contributed by atoms with van der Waals surface area (Å²) in [7, 11) is 1.69. The lowest BCUT2D eigenvalue weighted by Gasteiger charge is -2.22. The van der Waals surface area contributed by atoms with E-state index in [1.165, 1.54) is 30.4 Å². The molecule has 3 rings (SSSR count). The van der Waals surface area contributed by atoms with Crippen LogP contribution in [0.4, 0.5) is 0 Å². The van der Waals surface area contributed by atoms with E-state index >= 15 is 0 Å². The monoisotopic (exact) mass is 310 g/mol. The second-order valence-electron chi connectivity index (χ2n) is 5.50. The maximum atomic E-state index is 10.6. The van der Waals surface area contributed by atoms with Crippen LogP contribution in [0.1, 0.15) is 48.8 Å². The van der Waals surface area contributed by atoms with E-state index in [1.54, 1.807) is 7.11 Å². The standard InChI is InChI=1S/C15H19BrO2/c1-18-14-12(16)9-10-5-3-2-4-6-11(10)13(14)15(17)7-8-15/h9,17H,2-8H2,1H3. The first-order valence-corrected chi connectivity index (χ1v) is 7.56. The number of methoxy groups -OCH3 is 1. The molecule has 1 N–H and O–H groups in total. The second-order valence-corrected chi connectivity index (χ2v) is 6.35. The van der Waals surface area contributed by atoms with Gasteiger partial charge in [-0.05, 0) is 71.6 Å². The molecule has 98 valence electrons. The molecule has 0 bridgehead atoms. The summed E-state index contributed by atoms with van der Waals surface area (Å²) in [6.07, 6.45) is 7.70. The van der Waals surface area contributed by atoms with Crippen molar-refractivity contribution in [1.82, 2.24) is 0 Å². The van der Waals surface area contributed by atoms with E-state index < -0.39 is 5.60 Å². The lowest BCUT2D eigenvalue weighted by Crippen LogP contribution is -2.13. The van der Waals surface area contributed by atoms with Crippen LogP contribution in [0, 0.1) is 0 Å². The fourth-order valence-electron chi connectivity index (χ4n) is 3.09. The van der Waals surface area contributed by atoms with Crippen LogP contribution in [-0.4, -0.2) is 12.2 Å². The first-order valence-electron chi connectivity index (χ1n) is 6.77. The van der Waals surface area contributed by atoms with Crippen molar-refractivity contribution in [3.63, 3.8) is 0 Å². The van der Waals surface area contributed by atoms with E-state index in [0.717, 1.165) is 41.5 Å². The second kappa shape index (κ2) is 4.53. The summed E-state index contributed by atoms with van der Waals surface area (Å²) in [5, 5.41) is 10.6. The molecule has 0 saturated heterocycles. The highest BCUT2D eigenvalue weighted by atomic mass is 79.9. The zero-order valence-electron chi connectivity index (χ0n) is 10.8. The van der Waals surface area contributed by atoms with Gasteiger partial charge in [0, 0.05) is 5.56 Å². The largest absolute Gasteiger partial charge is 0.495 e. The first-order chi connectivity index (χ1) is 8.65. The molecular weight excluding hydrogens is 292 g/mol. The number of rotatable bonds is 2. The van der Waals surface area contributed by atoms with Gasteiger partial charge in [0.25, 0.3) is 0 Å². The number of hydrogen-bond donors (Lipinski definition) is 1. The molecule has 0 unspecified atom stereocenters. The Morgan fingerprint density at radius 1 is 1.22 bits per heavy atom. The number of aliphatic hydroxyl groups is 1. The molecule has 2 nitrogen and oxygen atoms in total. The van der Waals surface area contributed by atoms with E-state index in [4.69, 9.17) is 4.74 Å². The Morgan fingerprint density at radius 3 is 2.61 bits per heavy atom. The number of benzene rings is 1. The third-order valence-electron chi connectivity index (χ3n) is 4.20. The van der Waals surface area contributed by atoms with Crippen LogP contribution in [0.3, 0.4) is 0 Å². The highest BCUT2D eigenvalue weighted by molar-refractivity contribution is 9.10. The third-order valence-corrected chi connectivity index (χ3v) is 4.79. The van der Waals surface area contributed by atoms with Gasteiger partial charge in [-0.1, -0.05) is 6.42 Å². The molecule has 0 spiro atoms. The molecule has 1 fully saturated rings. The quantitative estimate of drug-likeness (QED) is 0.844. The number of ether oxygens (including phenoxy) is 1. The predicted molar refractivity (Wildman–Crippen MR) is 75.1 cm³/mol. The molecule has 0 aliphatic heterocycles. The summed E-state index contributed by atoms with van der Waals surface area (Å²) in [6.45, 7) is 0. The lowest BCUT2D eigenvalue weighted by molar-refractivity contribution is 0.146. The van der Waals surface area contributed by atoms with Crippen molar-refractivity contribution in [1.29, 1.82) is 0 Å². The Kier molecular flexibility index (Phi) is 3.15. The van der Waals surface area contributed by atoms with Crippen LogP contribution in [-0.2, 0) is 18.4 Å². The van der Waals surface area contributed by atoms with Gasteiger partial charge in [0.05, 0.1) is 17.2 Å². The maximum Gasteiger partial charge on any atom is 0.139 e. The Morgan fingerprint density at radius 2 is 1.94 bits per heavy atom. The van der Waals surface area contributed by atoms with Gasteiger partial charge >= 0.3 is 0 Å². The third kappa shape index (κ3) is 1.97. The molecular formula is C15H19BrO2. The van der Waals surface area contributed by atoms with E-state index in [1.807, 2.05) is 0 Å². The van der Waals surface area contributed by atoms with Gasteiger partial charge in [0.15, 0.2) is 0 Å². The Labute approximate surface area is 116 Å². The van der Waals surface area contributed by atoms with Gasteiger partial charge in [0.1, 0.15) is 5.75 Å². The van der Waals surface area contributed by atoms with Crippen molar-refractivity contribution in [2.75, 3.05) is 7.11 Å². The van der Waals surface area contributed by atoms with Gasteiger partial charge in [-0.2, -0.15) is 0 Å². The SMILES string of the molecule is COc1c(Br)cc2c(c1C1(O)CC1)CCCCC2. The first kappa shape index (κ1) is 12.5. The fraction of sp³-hybridized carbons (Fsp3) is 0.600. The molecule has 2 aliphatic rings. The Balaban J connectivity index is 2.21. The zero-order valence-corrected chi connectivity index (χ0v) is 12.3. The van der Waals surface area contributed by atoms with Crippen LogP contribution in [0.25, 0.3) is 0 Å². The van der Waals surface area contributed by atoms with Crippen molar-refractivity contribution in [2.45, 2.75) is 50.5 Å². The zero-order chi connectivity index (χ0) is 12.8. The summed E-state index contributed by atoms with van der Waals surface area (Å²) < 4.78 is 6.53. The summed E-state index contributed by atoms with van der Waals surface area (Å²) in [6, 6.07) is 2.19. The molecule has 1 saturated carbocycles. The topological polar surface area (TPSA) is 29.5 Å². The van der Waals surface area contributed by atoms with Crippen LogP contribution < -0.4 is 4.74 Å². The van der Waals surface area contributed by atoms with Crippen molar-refractivity contribution in [3.8, 4) is 5.75 Å². The molecule has 0 radical (unpaired) electrons. The van der Waals surface area contributed by atoms with Gasteiger partial charge in [-0.3, -0.25) is 0 Å². The maximum absolute atomic E-state index is 10.6. The van der Waals surface area contributed by atoms with E-state index in [0.29, 0.717) is 0 Å². The number of hydrogen-bond acceptors (Lipinski definition) is 2. The Bertz CT molecular complexity index is 478. The smallest absolute Gasteiger partial charge is 0.139 e. The Hall–Kier alpha value is -0.540. The van der Waals surface area contributed by atoms with Crippen molar-refractivity contribution >= 4 is 15.9 Å². The number of halogens is 1. The van der Waals surface area contributed by atoms with Crippen molar-refractivity contribution in [3.05, 3.63) is 27.2 Å². The fourth-order valence-corrected chi connectivity index (χ4v) is 3.72. The average Bonchev–Trinajstić information content (AvgIpc) is 3.11. The normalized spacial score (nSPS) is 21.1. The number of fused-ring (bicyclic) bond motifs is 1. The molecule has 0 atom stereocenters.